The first-order chi connectivity index (χ1) is 9.12. The number of rotatable bonds is 5. The zero-order valence-corrected chi connectivity index (χ0v) is 13.0. The second kappa shape index (κ2) is 5.17. The molecule has 2 aliphatic rings. The first-order valence-electron chi connectivity index (χ1n) is 7.26. The van der Waals surface area contributed by atoms with Gasteiger partial charge in [-0.15, -0.1) is 0 Å². The van der Waals surface area contributed by atoms with E-state index in [0.717, 1.165) is 41.4 Å². The second-order valence-electron chi connectivity index (χ2n) is 6.36. The number of benzene rings is 1. The number of hydrogen-bond donors (Lipinski definition) is 1. The zero-order valence-electron chi connectivity index (χ0n) is 11.4. The molecule has 2 saturated carbocycles. The molecular weight excluding hydrogens is 305 g/mol. The van der Waals surface area contributed by atoms with E-state index < -0.39 is 0 Å². The van der Waals surface area contributed by atoms with Crippen molar-refractivity contribution in [1.29, 1.82) is 0 Å². The maximum absolute atomic E-state index is 13.4. The molecule has 0 aliphatic heterocycles. The predicted octanol–water partition coefficient (Wildman–Crippen LogP) is 4.16. The summed E-state index contributed by atoms with van der Waals surface area (Å²) in [7, 11) is 0. The van der Waals surface area contributed by atoms with Crippen LogP contribution < -0.4 is 5.32 Å². The van der Waals surface area contributed by atoms with Gasteiger partial charge in [-0.1, -0.05) is 22.9 Å². The Labute approximate surface area is 123 Å². The Morgan fingerprint density at radius 1 is 1.37 bits per heavy atom. The van der Waals surface area contributed by atoms with Crippen LogP contribution >= 0.6 is 15.9 Å². The molecule has 0 bridgehead atoms. The first kappa shape index (κ1) is 13.6. The molecule has 2 atom stereocenters. The first-order valence-corrected chi connectivity index (χ1v) is 8.06. The maximum atomic E-state index is 13.4. The van der Waals surface area contributed by atoms with Crippen LogP contribution in [0.3, 0.4) is 0 Å². The SMILES string of the molecule is CCNCC1(Cc2cc(F)ccc2Br)CC2CC2C1. The second-order valence-corrected chi connectivity index (χ2v) is 7.21. The van der Waals surface area contributed by atoms with Crippen molar-refractivity contribution in [3.05, 3.63) is 34.1 Å². The van der Waals surface area contributed by atoms with Crippen molar-refractivity contribution < 1.29 is 4.39 Å². The smallest absolute Gasteiger partial charge is 0.123 e. The molecule has 1 aromatic carbocycles. The molecular formula is C16H21BrFN. The summed E-state index contributed by atoms with van der Waals surface area (Å²) in [6.07, 6.45) is 5.05. The fourth-order valence-corrected chi connectivity index (χ4v) is 4.22. The van der Waals surface area contributed by atoms with Gasteiger partial charge in [-0.2, -0.15) is 0 Å². The van der Waals surface area contributed by atoms with Gasteiger partial charge in [-0.05, 0) is 73.2 Å². The van der Waals surface area contributed by atoms with Crippen molar-refractivity contribution in [1.82, 2.24) is 5.32 Å². The summed E-state index contributed by atoms with van der Waals surface area (Å²) in [6.45, 7) is 4.24. The summed E-state index contributed by atoms with van der Waals surface area (Å²) in [5, 5.41) is 3.52. The average Bonchev–Trinajstić information content (AvgIpc) is 3.00. The standard InChI is InChI=1S/C16H21BrFN/c1-2-19-10-16(7-11-5-12(11)8-16)9-13-6-14(18)3-4-15(13)17/h3-4,6,11-12,19H,2,5,7-10H2,1H3. The van der Waals surface area contributed by atoms with Gasteiger partial charge in [0.1, 0.15) is 5.82 Å². The van der Waals surface area contributed by atoms with Crippen LogP contribution in [0.4, 0.5) is 4.39 Å². The third kappa shape index (κ3) is 2.87. The van der Waals surface area contributed by atoms with Gasteiger partial charge in [0, 0.05) is 11.0 Å². The molecule has 0 radical (unpaired) electrons. The Morgan fingerprint density at radius 2 is 2.11 bits per heavy atom. The minimum Gasteiger partial charge on any atom is -0.316 e. The third-order valence-electron chi connectivity index (χ3n) is 4.78. The van der Waals surface area contributed by atoms with Gasteiger partial charge in [-0.25, -0.2) is 4.39 Å². The minimum atomic E-state index is -0.125. The Balaban J connectivity index is 1.79. The lowest BCUT2D eigenvalue weighted by atomic mass is 9.77. The molecule has 3 heteroatoms. The molecule has 3 rings (SSSR count). The Kier molecular flexibility index (Phi) is 3.69. The number of fused-ring (bicyclic) bond motifs is 1. The quantitative estimate of drug-likeness (QED) is 0.857. The van der Waals surface area contributed by atoms with Crippen molar-refractivity contribution in [2.75, 3.05) is 13.1 Å². The highest BCUT2D eigenvalue weighted by Gasteiger charge is 2.53. The summed E-state index contributed by atoms with van der Waals surface area (Å²) >= 11 is 3.57. The van der Waals surface area contributed by atoms with E-state index in [9.17, 15) is 4.39 Å². The number of hydrogen-bond acceptors (Lipinski definition) is 1. The normalized spacial score (nSPS) is 32.4. The van der Waals surface area contributed by atoms with Gasteiger partial charge in [0.15, 0.2) is 0 Å². The number of nitrogens with one attached hydrogen (secondary N) is 1. The molecule has 19 heavy (non-hydrogen) atoms. The van der Waals surface area contributed by atoms with Crippen molar-refractivity contribution in [3.63, 3.8) is 0 Å². The molecule has 1 N–H and O–H groups in total. The molecule has 2 aliphatic carbocycles. The summed E-state index contributed by atoms with van der Waals surface area (Å²) in [5.74, 6) is 1.77. The molecule has 1 aromatic rings. The molecule has 0 heterocycles. The lowest BCUT2D eigenvalue weighted by Gasteiger charge is -2.32. The van der Waals surface area contributed by atoms with Crippen LogP contribution in [-0.4, -0.2) is 13.1 Å². The fourth-order valence-electron chi connectivity index (χ4n) is 3.83. The van der Waals surface area contributed by atoms with Gasteiger partial charge < -0.3 is 5.32 Å². The zero-order chi connectivity index (χ0) is 13.5. The lowest BCUT2D eigenvalue weighted by Crippen LogP contribution is -2.35. The molecule has 0 saturated heterocycles. The molecule has 2 fully saturated rings. The largest absolute Gasteiger partial charge is 0.316 e. The van der Waals surface area contributed by atoms with Gasteiger partial charge in [0.2, 0.25) is 0 Å². The van der Waals surface area contributed by atoms with Crippen LogP contribution in [0.5, 0.6) is 0 Å². The minimum absolute atomic E-state index is 0.125. The fraction of sp³-hybridized carbons (Fsp3) is 0.625. The van der Waals surface area contributed by atoms with Gasteiger partial charge in [0.25, 0.3) is 0 Å². The van der Waals surface area contributed by atoms with Crippen LogP contribution in [0.1, 0.15) is 31.7 Å². The third-order valence-corrected chi connectivity index (χ3v) is 5.56. The Bertz CT molecular complexity index is 464. The van der Waals surface area contributed by atoms with Crippen molar-refractivity contribution in [2.24, 2.45) is 17.3 Å². The summed E-state index contributed by atoms with van der Waals surface area (Å²) in [5.41, 5.74) is 1.47. The van der Waals surface area contributed by atoms with Crippen molar-refractivity contribution in [2.45, 2.75) is 32.6 Å². The average molecular weight is 326 g/mol. The monoisotopic (exact) mass is 325 g/mol. The van der Waals surface area contributed by atoms with Crippen LogP contribution in [0, 0.1) is 23.1 Å². The molecule has 0 amide bonds. The molecule has 0 spiro atoms. The Morgan fingerprint density at radius 3 is 2.79 bits per heavy atom. The van der Waals surface area contributed by atoms with Crippen molar-refractivity contribution in [3.8, 4) is 0 Å². The van der Waals surface area contributed by atoms with Gasteiger partial charge in [-0.3, -0.25) is 0 Å². The van der Waals surface area contributed by atoms with E-state index in [2.05, 4.69) is 28.2 Å². The number of halogens is 2. The topological polar surface area (TPSA) is 12.0 Å². The van der Waals surface area contributed by atoms with E-state index in [4.69, 9.17) is 0 Å². The van der Waals surface area contributed by atoms with E-state index in [-0.39, 0.29) is 5.82 Å². The molecule has 0 aromatic heterocycles. The highest BCUT2D eigenvalue weighted by atomic mass is 79.9. The summed E-state index contributed by atoms with van der Waals surface area (Å²) in [4.78, 5) is 0. The van der Waals surface area contributed by atoms with Crippen LogP contribution in [0.15, 0.2) is 22.7 Å². The molecule has 2 unspecified atom stereocenters. The van der Waals surface area contributed by atoms with Gasteiger partial charge in [0.05, 0.1) is 0 Å². The van der Waals surface area contributed by atoms with E-state index in [1.807, 2.05) is 6.07 Å². The van der Waals surface area contributed by atoms with E-state index in [1.54, 1.807) is 6.07 Å². The highest BCUT2D eigenvalue weighted by molar-refractivity contribution is 9.10. The van der Waals surface area contributed by atoms with Crippen LogP contribution in [0.25, 0.3) is 0 Å². The van der Waals surface area contributed by atoms with Crippen LogP contribution in [0.2, 0.25) is 0 Å². The summed E-state index contributed by atoms with van der Waals surface area (Å²) in [6, 6.07) is 5.06. The Hall–Kier alpha value is -0.410. The van der Waals surface area contributed by atoms with E-state index in [1.165, 1.54) is 25.3 Å². The predicted molar refractivity (Wildman–Crippen MR) is 79.6 cm³/mol. The van der Waals surface area contributed by atoms with E-state index in [0.29, 0.717) is 5.41 Å². The van der Waals surface area contributed by atoms with Gasteiger partial charge >= 0.3 is 0 Å². The lowest BCUT2D eigenvalue weighted by molar-refractivity contribution is 0.250. The maximum Gasteiger partial charge on any atom is 0.123 e. The van der Waals surface area contributed by atoms with Crippen LogP contribution in [-0.2, 0) is 6.42 Å². The molecule has 104 valence electrons. The molecule has 1 nitrogen and oxygen atoms in total. The highest BCUT2D eigenvalue weighted by Crippen LogP contribution is 2.60. The van der Waals surface area contributed by atoms with Crippen molar-refractivity contribution >= 4 is 15.9 Å². The summed E-state index contributed by atoms with van der Waals surface area (Å²) < 4.78 is 14.5. The van der Waals surface area contributed by atoms with E-state index >= 15 is 0 Å².